The van der Waals surface area contributed by atoms with E-state index in [0.29, 0.717) is 11.3 Å². The zero-order chi connectivity index (χ0) is 25.4. The van der Waals surface area contributed by atoms with Crippen LogP contribution in [0.5, 0.6) is 5.75 Å². The van der Waals surface area contributed by atoms with E-state index in [-0.39, 0.29) is 24.3 Å². The Labute approximate surface area is 209 Å². The van der Waals surface area contributed by atoms with Gasteiger partial charge in [0, 0.05) is 25.4 Å². The largest absolute Gasteiger partial charge is 0.480 e. The average molecular weight is 491 g/mol. The Morgan fingerprint density at radius 3 is 2.28 bits per heavy atom. The van der Waals surface area contributed by atoms with E-state index >= 15 is 0 Å². The Hall–Kier alpha value is -3.52. The maximum absolute atomic E-state index is 13.9. The SMILES string of the molecule is CC(=O)Oc1ccc(C2NC(Cc3ccccc3)(C(=O)O)C3C(=O)N(C4CCCCC4)C(=O)C23)cc1. The predicted octanol–water partition coefficient (Wildman–Crippen LogP) is 3.26. The molecule has 4 atom stereocenters. The van der Waals surface area contributed by atoms with Gasteiger partial charge in [0.1, 0.15) is 11.3 Å². The molecule has 2 amide bonds. The summed E-state index contributed by atoms with van der Waals surface area (Å²) in [4.78, 5) is 53.4. The minimum atomic E-state index is -1.64. The van der Waals surface area contributed by atoms with Gasteiger partial charge >= 0.3 is 11.9 Å². The first-order valence-corrected chi connectivity index (χ1v) is 12.5. The van der Waals surface area contributed by atoms with Crippen LogP contribution in [0.2, 0.25) is 0 Å². The molecular weight excluding hydrogens is 460 g/mol. The highest BCUT2D eigenvalue weighted by Crippen LogP contribution is 2.51. The molecule has 2 N–H and O–H groups in total. The lowest BCUT2D eigenvalue weighted by atomic mass is 9.76. The summed E-state index contributed by atoms with van der Waals surface area (Å²) in [5, 5.41) is 13.8. The highest BCUT2D eigenvalue weighted by molar-refractivity contribution is 6.09. The minimum absolute atomic E-state index is 0.0733. The smallest absolute Gasteiger partial charge is 0.325 e. The van der Waals surface area contributed by atoms with Gasteiger partial charge in [0.2, 0.25) is 11.8 Å². The van der Waals surface area contributed by atoms with Crippen LogP contribution in [0.4, 0.5) is 0 Å². The molecule has 1 aliphatic carbocycles. The van der Waals surface area contributed by atoms with Gasteiger partial charge in [-0.2, -0.15) is 0 Å². The number of likely N-dealkylation sites (tertiary alicyclic amines) is 1. The van der Waals surface area contributed by atoms with E-state index in [0.717, 1.165) is 37.7 Å². The van der Waals surface area contributed by atoms with Crippen LogP contribution < -0.4 is 10.1 Å². The first-order chi connectivity index (χ1) is 17.3. The van der Waals surface area contributed by atoms with E-state index in [1.807, 2.05) is 30.3 Å². The number of rotatable bonds is 6. The molecule has 0 spiro atoms. The zero-order valence-electron chi connectivity index (χ0n) is 20.2. The molecule has 2 aromatic rings. The number of hydrogen-bond acceptors (Lipinski definition) is 6. The van der Waals surface area contributed by atoms with E-state index in [1.165, 1.54) is 11.8 Å². The number of carbonyl (C=O) groups is 4. The number of carbonyl (C=O) groups excluding carboxylic acids is 3. The summed E-state index contributed by atoms with van der Waals surface area (Å²) in [6.45, 7) is 1.31. The number of imide groups is 1. The number of hydrogen-bond donors (Lipinski definition) is 2. The van der Waals surface area contributed by atoms with Crippen molar-refractivity contribution in [3.05, 3.63) is 65.7 Å². The third kappa shape index (κ3) is 4.09. The van der Waals surface area contributed by atoms with Gasteiger partial charge in [0.15, 0.2) is 0 Å². The Morgan fingerprint density at radius 1 is 1.00 bits per heavy atom. The first-order valence-electron chi connectivity index (χ1n) is 12.5. The summed E-state index contributed by atoms with van der Waals surface area (Å²) in [5.74, 6) is -3.79. The van der Waals surface area contributed by atoms with E-state index in [9.17, 15) is 24.3 Å². The lowest BCUT2D eigenvalue weighted by molar-refractivity contribution is -0.152. The van der Waals surface area contributed by atoms with Crippen LogP contribution in [0.3, 0.4) is 0 Å². The van der Waals surface area contributed by atoms with Crippen molar-refractivity contribution < 1.29 is 29.0 Å². The van der Waals surface area contributed by atoms with Gasteiger partial charge in [-0.3, -0.25) is 29.4 Å². The average Bonchev–Trinajstić information content (AvgIpc) is 3.34. The number of benzene rings is 2. The summed E-state index contributed by atoms with van der Waals surface area (Å²) in [6, 6.07) is 15.0. The summed E-state index contributed by atoms with van der Waals surface area (Å²) < 4.78 is 5.13. The lowest BCUT2D eigenvalue weighted by Gasteiger charge is -2.34. The van der Waals surface area contributed by atoms with Crippen molar-refractivity contribution in [1.29, 1.82) is 0 Å². The molecule has 2 aromatic carbocycles. The maximum atomic E-state index is 13.9. The maximum Gasteiger partial charge on any atom is 0.325 e. The van der Waals surface area contributed by atoms with Gasteiger partial charge in [-0.1, -0.05) is 61.7 Å². The Morgan fingerprint density at radius 2 is 1.67 bits per heavy atom. The molecule has 0 aromatic heterocycles. The van der Waals surface area contributed by atoms with Gasteiger partial charge < -0.3 is 9.84 Å². The van der Waals surface area contributed by atoms with Crippen molar-refractivity contribution in [3.63, 3.8) is 0 Å². The predicted molar refractivity (Wildman–Crippen MR) is 130 cm³/mol. The number of nitrogens with zero attached hydrogens (tertiary/aromatic N) is 1. The molecule has 36 heavy (non-hydrogen) atoms. The Kier molecular flexibility index (Phi) is 6.38. The van der Waals surface area contributed by atoms with Crippen LogP contribution in [-0.4, -0.2) is 45.3 Å². The molecule has 3 aliphatic rings. The van der Waals surface area contributed by atoms with E-state index in [2.05, 4.69) is 5.32 Å². The molecule has 3 fully saturated rings. The van der Waals surface area contributed by atoms with E-state index in [4.69, 9.17) is 4.74 Å². The van der Waals surface area contributed by atoms with Gasteiger partial charge in [-0.15, -0.1) is 0 Å². The number of fused-ring (bicyclic) bond motifs is 1. The second-order valence-electron chi connectivity index (χ2n) is 10.1. The molecule has 8 nitrogen and oxygen atoms in total. The fraction of sp³-hybridized carbons (Fsp3) is 0.429. The van der Waals surface area contributed by atoms with Gasteiger partial charge in [-0.05, 0) is 36.1 Å². The van der Waals surface area contributed by atoms with Crippen molar-refractivity contribution >= 4 is 23.8 Å². The lowest BCUT2D eigenvalue weighted by Crippen LogP contribution is -2.58. The number of esters is 1. The number of carboxylic acids is 1. The van der Waals surface area contributed by atoms with Crippen LogP contribution in [0.15, 0.2) is 54.6 Å². The molecule has 4 unspecified atom stereocenters. The van der Waals surface area contributed by atoms with Crippen molar-refractivity contribution in [1.82, 2.24) is 10.2 Å². The van der Waals surface area contributed by atoms with Gasteiger partial charge in [0.25, 0.3) is 0 Å². The second-order valence-corrected chi connectivity index (χ2v) is 10.1. The molecule has 2 saturated heterocycles. The van der Waals surface area contributed by atoms with Crippen LogP contribution >= 0.6 is 0 Å². The number of amides is 2. The summed E-state index contributed by atoms with van der Waals surface area (Å²) in [5.41, 5.74) is -0.196. The standard InChI is InChI=1S/C28H30N2O6/c1-17(31)36-21-14-12-19(13-15-21)24-22-23(26(33)30(25(22)32)20-10-6-3-7-11-20)28(29-24,27(34)35)16-18-8-4-2-5-9-18/h2,4-5,8-9,12-15,20,22-24,29H,3,6-7,10-11,16H2,1H3,(H,34,35). The topological polar surface area (TPSA) is 113 Å². The van der Waals surface area contributed by atoms with Crippen LogP contribution in [0, 0.1) is 11.8 Å². The fourth-order valence-electron chi connectivity index (χ4n) is 6.27. The zero-order valence-corrected chi connectivity index (χ0v) is 20.2. The van der Waals surface area contributed by atoms with E-state index in [1.54, 1.807) is 24.3 Å². The summed E-state index contributed by atoms with van der Waals surface area (Å²) in [7, 11) is 0. The summed E-state index contributed by atoms with van der Waals surface area (Å²) in [6.07, 6.45) is 4.56. The molecule has 0 bridgehead atoms. The molecule has 2 aliphatic heterocycles. The molecule has 1 saturated carbocycles. The van der Waals surface area contributed by atoms with Crippen molar-refractivity contribution in [3.8, 4) is 5.75 Å². The molecule has 5 rings (SSSR count). The van der Waals surface area contributed by atoms with Crippen LogP contribution in [0.25, 0.3) is 0 Å². The van der Waals surface area contributed by atoms with E-state index < -0.39 is 35.4 Å². The Bertz CT molecular complexity index is 1170. The first kappa shape index (κ1) is 24.2. The molecule has 0 radical (unpaired) electrons. The quantitative estimate of drug-likeness (QED) is 0.363. The van der Waals surface area contributed by atoms with Gasteiger partial charge in [-0.25, -0.2) is 0 Å². The van der Waals surface area contributed by atoms with Gasteiger partial charge in [0.05, 0.1) is 11.8 Å². The van der Waals surface area contributed by atoms with Crippen LogP contribution in [-0.2, 0) is 25.6 Å². The number of nitrogens with one attached hydrogen (secondary N) is 1. The fourth-order valence-corrected chi connectivity index (χ4v) is 6.27. The highest BCUT2D eigenvalue weighted by Gasteiger charge is 2.69. The molecule has 2 heterocycles. The van der Waals surface area contributed by atoms with Crippen molar-refractivity contribution in [2.24, 2.45) is 11.8 Å². The minimum Gasteiger partial charge on any atom is -0.480 e. The number of aliphatic carboxylic acids is 1. The highest BCUT2D eigenvalue weighted by atomic mass is 16.5. The third-order valence-corrected chi connectivity index (χ3v) is 7.84. The summed E-state index contributed by atoms with van der Waals surface area (Å²) >= 11 is 0. The number of carboxylic acid groups (broad SMARTS) is 1. The second kappa shape index (κ2) is 9.50. The van der Waals surface area contributed by atoms with Crippen molar-refractivity contribution in [2.45, 2.75) is 63.1 Å². The van der Waals surface area contributed by atoms with Crippen molar-refractivity contribution in [2.75, 3.05) is 0 Å². The van der Waals surface area contributed by atoms with Crippen LogP contribution in [0.1, 0.15) is 56.2 Å². The molecular formula is C28H30N2O6. The monoisotopic (exact) mass is 490 g/mol. The molecule has 8 heteroatoms. The molecule has 188 valence electrons. The Balaban J connectivity index is 1.57. The normalized spacial score (nSPS) is 28.2. The number of ether oxygens (including phenoxy) is 1. The third-order valence-electron chi connectivity index (χ3n) is 7.84.